The van der Waals surface area contributed by atoms with Gasteiger partial charge in [0.05, 0.1) is 0 Å². The molecule has 1 unspecified atom stereocenters. The Labute approximate surface area is 123 Å². The van der Waals surface area contributed by atoms with Crippen LogP contribution in [0.5, 0.6) is 0 Å². The third kappa shape index (κ3) is 3.63. The van der Waals surface area contributed by atoms with Crippen molar-refractivity contribution in [3.05, 3.63) is 36.2 Å². The molecule has 0 aliphatic heterocycles. The molecule has 0 aliphatic carbocycles. The van der Waals surface area contributed by atoms with E-state index in [1.54, 1.807) is 18.0 Å². The van der Waals surface area contributed by atoms with Gasteiger partial charge in [0.2, 0.25) is 5.91 Å². The zero-order chi connectivity index (χ0) is 14.5. The molecular weight excluding hydrogens is 270 g/mol. The molecule has 0 radical (unpaired) electrons. The summed E-state index contributed by atoms with van der Waals surface area (Å²) in [5, 5.41) is 2.93. The van der Waals surface area contributed by atoms with Gasteiger partial charge in [0.25, 0.3) is 0 Å². The zero-order valence-electron chi connectivity index (χ0n) is 11.9. The largest absolute Gasteiger partial charge is 0.342 e. The molecule has 106 valence electrons. The number of amides is 1. The highest BCUT2D eigenvalue weighted by molar-refractivity contribution is 7.98. The van der Waals surface area contributed by atoms with Crippen LogP contribution < -0.4 is 5.32 Å². The summed E-state index contributed by atoms with van der Waals surface area (Å²) in [6.07, 6.45) is 3.80. The monoisotopic (exact) mass is 289 g/mol. The molecule has 0 saturated carbocycles. The van der Waals surface area contributed by atoms with E-state index in [-0.39, 0.29) is 11.8 Å². The van der Waals surface area contributed by atoms with Gasteiger partial charge < -0.3 is 10.3 Å². The SMILES string of the molecule is CSCC(C)C(=O)Nc1ccc(-c2ncc(C)[nH]2)cc1. The molecule has 0 bridgehead atoms. The molecule has 2 aromatic rings. The Balaban J connectivity index is 2.03. The molecule has 2 rings (SSSR count). The van der Waals surface area contributed by atoms with Gasteiger partial charge in [-0.15, -0.1) is 0 Å². The molecule has 5 heteroatoms. The number of hydrogen-bond donors (Lipinski definition) is 2. The molecule has 0 fully saturated rings. The Morgan fingerprint density at radius 3 is 2.65 bits per heavy atom. The van der Waals surface area contributed by atoms with Crippen LogP contribution in [-0.4, -0.2) is 27.9 Å². The van der Waals surface area contributed by atoms with Crippen molar-refractivity contribution < 1.29 is 4.79 Å². The number of aromatic nitrogens is 2. The van der Waals surface area contributed by atoms with Crippen molar-refractivity contribution in [2.45, 2.75) is 13.8 Å². The van der Waals surface area contributed by atoms with Crippen LogP contribution in [0, 0.1) is 12.8 Å². The molecule has 1 atom stereocenters. The van der Waals surface area contributed by atoms with E-state index in [0.29, 0.717) is 0 Å². The Morgan fingerprint density at radius 2 is 2.10 bits per heavy atom. The summed E-state index contributed by atoms with van der Waals surface area (Å²) in [6, 6.07) is 7.70. The van der Waals surface area contributed by atoms with Crippen molar-refractivity contribution in [1.82, 2.24) is 9.97 Å². The fraction of sp³-hybridized carbons (Fsp3) is 0.333. The first-order valence-corrected chi connectivity index (χ1v) is 7.91. The standard InChI is InChI=1S/C15H19N3OS/c1-10(9-20-3)15(19)18-13-6-4-12(5-7-13)14-16-8-11(2)17-14/h4-8,10H,9H2,1-3H3,(H,16,17)(H,18,19). The van der Waals surface area contributed by atoms with Crippen LogP contribution in [0.1, 0.15) is 12.6 Å². The summed E-state index contributed by atoms with van der Waals surface area (Å²) in [4.78, 5) is 19.4. The van der Waals surface area contributed by atoms with Crippen molar-refractivity contribution in [3.63, 3.8) is 0 Å². The van der Waals surface area contributed by atoms with E-state index in [1.807, 2.05) is 44.4 Å². The maximum atomic E-state index is 11.9. The first-order valence-electron chi connectivity index (χ1n) is 6.52. The number of aryl methyl sites for hydroxylation is 1. The van der Waals surface area contributed by atoms with Crippen molar-refractivity contribution in [3.8, 4) is 11.4 Å². The van der Waals surface area contributed by atoms with Crippen LogP contribution in [0.4, 0.5) is 5.69 Å². The second-order valence-electron chi connectivity index (χ2n) is 4.84. The van der Waals surface area contributed by atoms with E-state index in [1.165, 1.54) is 0 Å². The summed E-state index contributed by atoms with van der Waals surface area (Å²) in [7, 11) is 0. The minimum absolute atomic E-state index is 0.0115. The lowest BCUT2D eigenvalue weighted by Gasteiger charge is -2.11. The van der Waals surface area contributed by atoms with Crippen LogP contribution >= 0.6 is 11.8 Å². The normalized spacial score (nSPS) is 12.2. The number of benzene rings is 1. The van der Waals surface area contributed by atoms with Crippen LogP contribution in [0.2, 0.25) is 0 Å². The average Bonchev–Trinajstić information content (AvgIpc) is 2.86. The predicted octanol–water partition coefficient (Wildman–Crippen LogP) is 3.32. The molecule has 4 nitrogen and oxygen atoms in total. The van der Waals surface area contributed by atoms with E-state index < -0.39 is 0 Å². The zero-order valence-corrected chi connectivity index (χ0v) is 12.8. The maximum absolute atomic E-state index is 11.9. The van der Waals surface area contributed by atoms with Crippen molar-refractivity contribution in [2.75, 3.05) is 17.3 Å². The van der Waals surface area contributed by atoms with Crippen LogP contribution in [0.25, 0.3) is 11.4 Å². The number of imidazole rings is 1. The highest BCUT2D eigenvalue weighted by Crippen LogP contribution is 2.19. The Bertz CT molecular complexity index is 577. The molecule has 0 aliphatic rings. The molecule has 1 aromatic carbocycles. The number of nitrogens with one attached hydrogen (secondary N) is 2. The van der Waals surface area contributed by atoms with Crippen LogP contribution in [0.3, 0.4) is 0 Å². The number of rotatable bonds is 5. The molecular formula is C15H19N3OS. The second kappa shape index (κ2) is 6.61. The number of nitrogens with zero attached hydrogens (tertiary/aromatic N) is 1. The van der Waals surface area contributed by atoms with Gasteiger partial charge in [-0.2, -0.15) is 11.8 Å². The Kier molecular flexibility index (Phi) is 4.84. The number of aromatic amines is 1. The lowest BCUT2D eigenvalue weighted by atomic mass is 10.1. The summed E-state index contributed by atoms with van der Waals surface area (Å²) in [5.41, 5.74) is 2.85. The topological polar surface area (TPSA) is 57.8 Å². The number of thioether (sulfide) groups is 1. The van der Waals surface area contributed by atoms with Crippen molar-refractivity contribution >= 4 is 23.4 Å². The van der Waals surface area contributed by atoms with Gasteiger partial charge in [0, 0.05) is 34.8 Å². The van der Waals surface area contributed by atoms with Crippen LogP contribution in [-0.2, 0) is 4.79 Å². The van der Waals surface area contributed by atoms with Gasteiger partial charge in [-0.25, -0.2) is 4.98 Å². The summed E-state index contributed by atoms with van der Waals surface area (Å²) in [5.74, 6) is 1.74. The fourth-order valence-corrected chi connectivity index (χ4v) is 2.51. The van der Waals surface area contributed by atoms with Crippen molar-refractivity contribution in [2.24, 2.45) is 5.92 Å². The molecule has 20 heavy (non-hydrogen) atoms. The highest BCUT2D eigenvalue weighted by Gasteiger charge is 2.12. The van der Waals surface area contributed by atoms with E-state index >= 15 is 0 Å². The lowest BCUT2D eigenvalue weighted by Crippen LogP contribution is -2.21. The van der Waals surface area contributed by atoms with Gasteiger partial charge in [-0.05, 0) is 37.4 Å². The molecule has 1 aromatic heterocycles. The van der Waals surface area contributed by atoms with Gasteiger partial charge in [-0.1, -0.05) is 6.92 Å². The number of hydrogen-bond acceptors (Lipinski definition) is 3. The van der Waals surface area contributed by atoms with Gasteiger partial charge in [0.15, 0.2) is 0 Å². The molecule has 1 amide bonds. The summed E-state index contributed by atoms with van der Waals surface area (Å²) < 4.78 is 0. The molecule has 2 N–H and O–H groups in total. The average molecular weight is 289 g/mol. The van der Waals surface area contributed by atoms with E-state index in [9.17, 15) is 4.79 Å². The third-order valence-corrected chi connectivity index (χ3v) is 3.83. The van der Waals surface area contributed by atoms with Crippen molar-refractivity contribution in [1.29, 1.82) is 0 Å². The van der Waals surface area contributed by atoms with E-state index in [0.717, 1.165) is 28.5 Å². The summed E-state index contributed by atoms with van der Waals surface area (Å²) >= 11 is 1.68. The van der Waals surface area contributed by atoms with Gasteiger partial charge >= 0.3 is 0 Å². The molecule has 0 saturated heterocycles. The van der Waals surface area contributed by atoms with Crippen LogP contribution in [0.15, 0.2) is 30.5 Å². The predicted molar refractivity (Wildman–Crippen MR) is 84.9 cm³/mol. The molecule has 1 heterocycles. The molecule has 0 spiro atoms. The third-order valence-electron chi connectivity index (χ3n) is 2.99. The van der Waals surface area contributed by atoms with E-state index in [4.69, 9.17) is 0 Å². The highest BCUT2D eigenvalue weighted by atomic mass is 32.2. The van der Waals surface area contributed by atoms with E-state index in [2.05, 4.69) is 15.3 Å². The van der Waals surface area contributed by atoms with Gasteiger partial charge in [0.1, 0.15) is 5.82 Å². The number of H-pyrrole nitrogens is 1. The number of carbonyl (C=O) groups excluding carboxylic acids is 1. The lowest BCUT2D eigenvalue weighted by molar-refractivity contribution is -0.118. The quantitative estimate of drug-likeness (QED) is 0.887. The fourth-order valence-electron chi connectivity index (χ4n) is 1.86. The summed E-state index contributed by atoms with van der Waals surface area (Å²) in [6.45, 7) is 3.91. The minimum atomic E-state index is 0.0115. The first kappa shape index (κ1) is 14.7. The maximum Gasteiger partial charge on any atom is 0.228 e. The smallest absolute Gasteiger partial charge is 0.228 e. The Morgan fingerprint density at radius 1 is 1.40 bits per heavy atom. The minimum Gasteiger partial charge on any atom is -0.342 e. The Hall–Kier alpha value is -1.75. The number of anilines is 1. The first-order chi connectivity index (χ1) is 9.60. The van der Waals surface area contributed by atoms with Gasteiger partial charge in [-0.3, -0.25) is 4.79 Å². The number of carbonyl (C=O) groups is 1. The second-order valence-corrected chi connectivity index (χ2v) is 5.75.